The molecule has 0 atom stereocenters. The van der Waals surface area contributed by atoms with Crippen molar-refractivity contribution in [3.05, 3.63) is 11.3 Å². The van der Waals surface area contributed by atoms with E-state index < -0.39 is 5.97 Å². The van der Waals surface area contributed by atoms with Crippen molar-refractivity contribution in [2.24, 2.45) is 0 Å². The fourth-order valence-corrected chi connectivity index (χ4v) is 1.01. The largest absolute Gasteiger partial charge is 0.477 e. The summed E-state index contributed by atoms with van der Waals surface area (Å²) in [6, 6.07) is 0. The quantitative estimate of drug-likeness (QED) is 0.611. The molecule has 0 radical (unpaired) electrons. The molecule has 0 amide bonds. The number of H-pyrrole nitrogens is 1. The maximum absolute atomic E-state index is 10.7. The SMILES string of the molecule is CC(C)c1[nH]nc(N)c1C(=O)O. The summed E-state index contributed by atoms with van der Waals surface area (Å²) in [6.07, 6.45) is 0. The Balaban J connectivity index is 3.21. The first-order chi connectivity index (χ1) is 5.54. The molecule has 5 nitrogen and oxygen atoms in total. The van der Waals surface area contributed by atoms with E-state index in [0.717, 1.165) is 0 Å². The summed E-state index contributed by atoms with van der Waals surface area (Å²) < 4.78 is 0. The van der Waals surface area contributed by atoms with Gasteiger partial charge in [0.15, 0.2) is 5.82 Å². The zero-order valence-corrected chi connectivity index (χ0v) is 6.96. The zero-order chi connectivity index (χ0) is 9.30. The summed E-state index contributed by atoms with van der Waals surface area (Å²) in [6.45, 7) is 3.75. The third-order valence-electron chi connectivity index (χ3n) is 1.61. The molecule has 0 fully saturated rings. The van der Waals surface area contributed by atoms with Crippen LogP contribution in [0.3, 0.4) is 0 Å². The van der Waals surface area contributed by atoms with Crippen LogP contribution in [-0.2, 0) is 0 Å². The minimum Gasteiger partial charge on any atom is -0.477 e. The number of carboxylic acid groups (broad SMARTS) is 1. The highest BCUT2D eigenvalue weighted by atomic mass is 16.4. The molecule has 1 rings (SSSR count). The Hall–Kier alpha value is -1.52. The zero-order valence-electron chi connectivity index (χ0n) is 6.96. The molecule has 66 valence electrons. The molecule has 0 spiro atoms. The summed E-state index contributed by atoms with van der Waals surface area (Å²) in [4.78, 5) is 10.7. The average Bonchev–Trinajstić information content (AvgIpc) is 2.30. The molecule has 0 aliphatic carbocycles. The number of carboxylic acids is 1. The number of anilines is 1. The first kappa shape index (κ1) is 8.58. The number of nitrogens with zero attached hydrogens (tertiary/aromatic N) is 1. The lowest BCUT2D eigenvalue weighted by atomic mass is 10.1. The van der Waals surface area contributed by atoms with E-state index >= 15 is 0 Å². The van der Waals surface area contributed by atoms with Gasteiger partial charge in [-0.05, 0) is 5.92 Å². The van der Waals surface area contributed by atoms with Gasteiger partial charge in [0.2, 0.25) is 0 Å². The summed E-state index contributed by atoms with van der Waals surface area (Å²) in [5.41, 5.74) is 6.01. The minimum atomic E-state index is -1.04. The lowest BCUT2D eigenvalue weighted by Crippen LogP contribution is -2.04. The van der Waals surface area contributed by atoms with E-state index in [1.54, 1.807) is 0 Å². The van der Waals surface area contributed by atoms with Crippen LogP contribution in [-0.4, -0.2) is 21.3 Å². The van der Waals surface area contributed by atoms with Gasteiger partial charge >= 0.3 is 5.97 Å². The number of nitrogens with two attached hydrogens (primary N) is 1. The molecule has 0 unspecified atom stereocenters. The normalized spacial score (nSPS) is 10.6. The molecular formula is C7H11N3O2. The van der Waals surface area contributed by atoms with Gasteiger partial charge in [-0.3, -0.25) is 5.10 Å². The molecular weight excluding hydrogens is 158 g/mol. The van der Waals surface area contributed by atoms with Crippen LogP contribution >= 0.6 is 0 Å². The minimum absolute atomic E-state index is 0.0474. The summed E-state index contributed by atoms with van der Waals surface area (Å²) in [5, 5.41) is 15.0. The molecule has 12 heavy (non-hydrogen) atoms. The predicted molar refractivity (Wildman–Crippen MR) is 44.0 cm³/mol. The molecule has 1 aromatic rings. The average molecular weight is 169 g/mol. The van der Waals surface area contributed by atoms with E-state index in [2.05, 4.69) is 10.2 Å². The van der Waals surface area contributed by atoms with Crippen molar-refractivity contribution in [2.45, 2.75) is 19.8 Å². The Morgan fingerprint density at radius 1 is 1.67 bits per heavy atom. The molecule has 1 aromatic heterocycles. The predicted octanol–water partition coefficient (Wildman–Crippen LogP) is 0.814. The Morgan fingerprint density at radius 3 is 2.58 bits per heavy atom. The standard InChI is InChI=1S/C7H11N3O2/c1-3(2)5-4(7(11)12)6(8)10-9-5/h3H,1-2H3,(H,11,12)(H3,8,9,10). The second kappa shape index (κ2) is 2.84. The number of nitrogen functional groups attached to an aromatic ring is 1. The maximum Gasteiger partial charge on any atom is 0.341 e. The van der Waals surface area contributed by atoms with Crippen molar-refractivity contribution in [3.8, 4) is 0 Å². The van der Waals surface area contributed by atoms with Crippen molar-refractivity contribution in [1.29, 1.82) is 0 Å². The van der Waals surface area contributed by atoms with Gasteiger partial charge in [0.05, 0.1) is 5.69 Å². The van der Waals surface area contributed by atoms with Crippen molar-refractivity contribution < 1.29 is 9.90 Å². The van der Waals surface area contributed by atoms with Crippen LogP contribution in [0.5, 0.6) is 0 Å². The van der Waals surface area contributed by atoms with Crippen molar-refractivity contribution >= 4 is 11.8 Å². The maximum atomic E-state index is 10.7. The fraction of sp³-hybridized carbons (Fsp3) is 0.429. The van der Waals surface area contributed by atoms with Gasteiger partial charge in [-0.2, -0.15) is 5.10 Å². The number of hydrogen-bond donors (Lipinski definition) is 3. The number of hydrogen-bond acceptors (Lipinski definition) is 3. The van der Waals surface area contributed by atoms with Crippen LogP contribution in [0.15, 0.2) is 0 Å². The van der Waals surface area contributed by atoms with E-state index in [-0.39, 0.29) is 17.3 Å². The Bertz CT molecular complexity index is 304. The first-order valence-corrected chi connectivity index (χ1v) is 3.61. The molecule has 0 aromatic carbocycles. The number of nitrogens with one attached hydrogen (secondary N) is 1. The lowest BCUT2D eigenvalue weighted by molar-refractivity contribution is 0.0696. The van der Waals surface area contributed by atoms with Gasteiger partial charge in [0.1, 0.15) is 5.56 Å². The van der Waals surface area contributed by atoms with Gasteiger partial charge in [-0.25, -0.2) is 4.79 Å². The second-order valence-corrected chi connectivity index (χ2v) is 2.86. The van der Waals surface area contributed by atoms with E-state index in [1.165, 1.54) is 0 Å². The van der Waals surface area contributed by atoms with Crippen LogP contribution in [0.4, 0.5) is 5.82 Å². The molecule has 0 saturated carbocycles. The first-order valence-electron chi connectivity index (χ1n) is 3.61. The van der Waals surface area contributed by atoms with Gasteiger partial charge in [0, 0.05) is 0 Å². The summed E-state index contributed by atoms with van der Waals surface area (Å²) >= 11 is 0. The van der Waals surface area contributed by atoms with E-state index in [4.69, 9.17) is 10.8 Å². The number of carbonyl (C=O) groups is 1. The number of rotatable bonds is 2. The summed E-state index contributed by atoms with van der Waals surface area (Å²) in [7, 11) is 0. The van der Waals surface area contributed by atoms with Crippen molar-refractivity contribution in [1.82, 2.24) is 10.2 Å². The highest BCUT2D eigenvalue weighted by Gasteiger charge is 2.19. The van der Waals surface area contributed by atoms with Crippen molar-refractivity contribution in [3.63, 3.8) is 0 Å². The third-order valence-corrected chi connectivity index (χ3v) is 1.61. The van der Waals surface area contributed by atoms with Crippen LogP contribution in [0.2, 0.25) is 0 Å². The van der Waals surface area contributed by atoms with Crippen molar-refractivity contribution in [2.75, 3.05) is 5.73 Å². The van der Waals surface area contributed by atoms with Gasteiger partial charge < -0.3 is 10.8 Å². The smallest absolute Gasteiger partial charge is 0.341 e. The van der Waals surface area contributed by atoms with Gasteiger partial charge in [-0.15, -0.1) is 0 Å². The third kappa shape index (κ3) is 1.25. The Labute approximate surface area is 69.6 Å². The molecule has 4 N–H and O–H groups in total. The lowest BCUT2D eigenvalue weighted by Gasteiger charge is -2.01. The number of aromatic carboxylic acids is 1. The van der Waals surface area contributed by atoms with Crippen LogP contribution in [0.1, 0.15) is 35.8 Å². The Morgan fingerprint density at radius 2 is 2.25 bits per heavy atom. The molecule has 0 aliphatic heterocycles. The highest BCUT2D eigenvalue weighted by Crippen LogP contribution is 2.20. The topological polar surface area (TPSA) is 92.0 Å². The molecule has 5 heteroatoms. The highest BCUT2D eigenvalue weighted by molar-refractivity contribution is 5.94. The molecule has 0 saturated heterocycles. The summed E-state index contributed by atoms with van der Waals surface area (Å²) in [5.74, 6) is -0.906. The van der Waals surface area contributed by atoms with Crippen LogP contribution < -0.4 is 5.73 Å². The number of aromatic amines is 1. The van der Waals surface area contributed by atoms with E-state index in [9.17, 15) is 4.79 Å². The van der Waals surface area contributed by atoms with Crippen LogP contribution in [0, 0.1) is 0 Å². The van der Waals surface area contributed by atoms with Crippen LogP contribution in [0.25, 0.3) is 0 Å². The molecule has 0 aliphatic rings. The van der Waals surface area contributed by atoms with Gasteiger partial charge in [0.25, 0.3) is 0 Å². The number of aromatic nitrogens is 2. The molecule has 1 heterocycles. The monoisotopic (exact) mass is 169 g/mol. The fourth-order valence-electron chi connectivity index (χ4n) is 1.01. The van der Waals surface area contributed by atoms with E-state index in [0.29, 0.717) is 5.69 Å². The molecule has 0 bridgehead atoms. The van der Waals surface area contributed by atoms with Gasteiger partial charge in [-0.1, -0.05) is 13.8 Å². The van der Waals surface area contributed by atoms with E-state index in [1.807, 2.05) is 13.8 Å². The Kier molecular flexibility index (Phi) is 2.03. The second-order valence-electron chi connectivity index (χ2n) is 2.86.